The number of carboxylic acids is 1. The molecule has 0 unspecified atom stereocenters. The first kappa shape index (κ1) is 21.1. The molecule has 2 aromatic carbocycles. The largest absolute Gasteiger partial charge is 0.507 e. The number of ketones is 1. The number of carbonyl (C=O) groups excluding carboxylic acids is 2. The standard InChI is InChI=1S/C21H17BrClNO5/c22-14-7-3-12(4-8-14)18-17(19(27)13-5-9-15(23)10-6-13)20(28)21(29)24(18)11-1-2-16(25)26/h3-10,18,27H,1-2,11H2,(H,25,26)/b19-17+/t18-/m1/s1. The molecule has 1 atom stereocenters. The third kappa shape index (κ3) is 4.52. The van der Waals surface area contributed by atoms with Gasteiger partial charge in [0, 0.05) is 28.0 Å². The predicted molar refractivity (Wildman–Crippen MR) is 111 cm³/mol. The highest BCUT2D eigenvalue weighted by Crippen LogP contribution is 2.39. The van der Waals surface area contributed by atoms with E-state index in [2.05, 4.69) is 15.9 Å². The molecule has 0 radical (unpaired) electrons. The van der Waals surface area contributed by atoms with Crippen molar-refractivity contribution in [2.75, 3.05) is 6.54 Å². The van der Waals surface area contributed by atoms with Gasteiger partial charge in [0.05, 0.1) is 11.6 Å². The molecule has 1 heterocycles. The van der Waals surface area contributed by atoms with Crippen LogP contribution in [0.15, 0.2) is 58.6 Å². The van der Waals surface area contributed by atoms with Gasteiger partial charge in [0.1, 0.15) is 5.76 Å². The average Bonchev–Trinajstić information content (AvgIpc) is 2.93. The van der Waals surface area contributed by atoms with Gasteiger partial charge in [0.2, 0.25) is 0 Å². The van der Waals surface area contributed by atoms with Crippen molar-refractivity contribution in [1.82, 2.24) is 4.90 Å². The molecule has 0 bridgehead atoms. The predicted octanol–water partition coefficient (Wildman–Crippen LogP) is 4.39. The topological polar surface area (TPSA) is 94.9 Å². The van der Waals surface area contributed by atoms with Crippen molar-refractivity contribution >= 4 is 50.9 Å². The fourth-order valence-electron chi connectivity index (χ4n) is 3.27. The number of rotatable bonds is 6. The van der Waals surface area contributed by atoms with E-state index in [1.165, 1.54) is 4.90 Å². The summed E-state index contributed by atoms with van der Waals surface area (Å²) in [6.45, 7) is 0.0784. The molecule has 1 aliphatic rings. The van der Waals surface area contributed by atoms with E-state index in [1.807, 2.05) is 0 Å². The number of aliphatic hydroxyl groups excluding tert-OH is 1. The minimum absolute atomic E-state index is 0.0324. The first-order valence-corrected chi connectivity index (χ1v) is 9.98. The maximum Gasteiger partial charge on any atom is 0.303 e. The summed E-state index contributed by atoms with van der Waals surface area (Å²) in [7, 11) is 0. The lowest BCUT2D eigenvalue weighted by atomic mass is 9.95. The van der Waals surface area contributed by atoms with Crippen molar-refractivity contribution in [3.8, 4) is 0 Å². The summed E-state index contributed by atoms with van der Waals surface area (Å²) in [5.41, 5.74) is 0.966. The molecule has 1 amide bonds. The molecule has 1 aliphatic heterocycles. The summed E-state index contributed by atoms with van der Waals surface area (Å²) < 4.78 is 0.821. The van der Waals surface area contributed by atoms with E-state index in [9.17, 15) is 19.5 Å². The molecule has 29 heavy (non-hydrogen) atoms. The molecule has 0 aliphatic carbocycles. The number of Topliss-reactive ketones (excluding diaryl/α,β-unsaturated/α-hetero) is 1. The Morgan fingerprint density at radius 1 is 1.03 bits per heavy atom. The van der Waals surface area contributed by atoms with Crippen molar-refractivity contribution in [1.29, 1.82) is 0 Å². The van der Waals surface area contributed by atoms with E-state index >= 15 is 0 Å². The van der Waals surface area contributed by atoms with Crippen LogP contribution in [-0.4, -0.2) is 39.3 Å². The molecule has 1 fully saturated rings. The smallest absolute Gasteiger partial charge is 0.303 e. The van der Waals surface area contributed by atoms with Crippen molar-refractivity contribution < 1.29 is 24.6 Å². The lowest BCUT2D eigenvalue weighted by Crippen LogP contribution is -2.31. The summed E-state index contributed by atoms with van der Waals surface area (Å²) in [6, 6.07) is 12.5. The van der Waals surface area contributed by atoms with Gasteiger partial charge < -0.3 is 15.1 Å². The average molecular weight is 479 g/mol. The third-order valence-electron chi connectivity index (χ3n) is 4.63. The third-order valence-corrected chi connectivity index (χ3v) is 5.41. The SMILES string of the molecule is O=C(O)CCCN1C(=O)C(=O)/C(=C(/O)c2ccc(Cl)cc2)[C@H]1c1ccc(Br)cc1. The number of nitrogens with zero attached hydrogens (tertiary/aromatic N) is 1. The fourth-order valence-corrected chi connectivity index (χ4v) is 3.66. The molecule has 1 saturated heterocycles. The van der Waals surface area contributed by atoms with Gasteiger partial charge in [-0.05, 0) is 48.4 Å². The van der Waals surface area contributed by atoms with E-state index < -0.39 is 23.7 Å². The zero-order chi connectivity index (χ0) is 21.1. The van der Waals surface area contributed by atoms with E-state index in [0.717, 1.165) is 4.47 Å². The van der Waals surface area contributed by atoms with Crippen LogP contribution in [0, 0.1) is 0 Å². The number of benzene rings is 2. The van der Waals surface area contributed by atoms with Crippen molar-refractivity contribution in [2.45, 2.75) is 18.9 Å². The van der Waals surface area contributed by atoms with E-state index in [-0.39, 0.29) is 30.7 Å². The van der Waals surface area contributed by atoms with E-state index in [0.29, 0.717) is 16.1 Å². The van der Waals surface area contributed by atoms with Crippen LogP contribution >= 0.6 is 27.5 Å². The van der Waals surface area contributed by atoms with Crippen LogP contribution in [0.5, 0.6) is 0 Å². The highest BCUT2D eigenvalue weighted by Gasteiger charge is 2.45. The first-order valence-electron chi connectivity index (χ1n) is 8.81. The lowest BCUT2D eigenvalue weighted by Gasteiger charge is -2.25. The van der Waals surface area contributed by atoms with Crippen LogP contribution in [0.1, 0.15) is 30.0 Å². The van der Waals surface area contributed by atoms with Crippen LogP contribution in [0.25, 0.3) is 5.76 Å². The quantitative estimate of drug-likeness (QED) is 0.365. The van der Waals surface area contributed by atoms with Crippen LogP contribution in [0.2, 0.25) is 5.02 Å². The zero-order valence-electron chi connectivity index (χ0n) is 15.1. The van der Waals surface area contributed by atoms with Gasteiger partial charge in [-0.1, -0.05) is 39.7 Å². The Morgan fingerprint density at radius 3 is 2.24 bits per heavy atom. The Kier molecular flexibility index (Phi) is 6.39. The highest BCUT2D eigenvalue weighted by atomic mass is 79.9. The number of aliphatic hydroxyl groups is 1. The number of hydrogen-bond donors (Lipinski definition) is 2. The molecule has 2 N–H and O–H groups in total. The van der Waals surface area contributed by atoms with E-state index in [4.69, 9.17) is 16.7 Å². The van der Waals surface area contributed by atoms with Crippen LogP contribution < -0.4 is 0 Å². The molecule has 0 aromatic heterocycles. The summed E-state index contributed by atoms with van der Waals surface area (Å²) in [4.78, 5) is 37.6. The molecule has 2 aromatic rings. The zero-order valence-corrected chi connectivity index (χ0v) is 17.5. The second-order valence-corrected chi connectivity index (χ2v) is 7.90. The summed E-state index contributed by atoms with van der Waals surface area (Å²) in [5, 5.41) is 20.2. The molecule has 6 nitrogen and oxygen atoms in total. The number of amides is 1. The minimum Gasteiger partial charge on any atom is -0.507 e. The minimum atomic E-state index is -0.983. The highest BCUT2D eigenvalue weighted by molar-refractivity contribution is 9.10. The Morgan fingerprint density at radius 2 is 1.66 bits per heavy atom. The first-order chi connectivity index (χ1) is 13.8. The van der Waals surface area contributed by atoms with Crippen LogP contribution in [0.4, 0.5) is 0 Å². The number of carbonyl (C=O) groups is 3. The van der Waals surface area contributed by atoms with Gasteiger partial charge in [-0.3, -0.25) is 14.4 Å². The maximum absolute atomic E-state index is 12.8. The molecular formula is C21H17BrClNO5. The number of carboxylic acid groups (broad SMARTS) is 1. The molecule has 150 valence electrons. The van der Waals surface area contributed by atoms with Gasteiger partial charge in [-0.25, -0.2) is 0 Å². The molecular weight excluding hydrogens is 462 g/mol. The number of likely N-dealkylation sites (tertiary alicyclic amines) is 1. The van der Waals surface area contributed by atoms with Gasteiger partial charge in [-0.15, -0.1) is 0 Å². The molecule has 0 saturated carbocycles. The maximum atomic E-state index is 12.8. The normalized spacial score (nSPS) is 18.3. The van der Waals surface area contributed by atoms with Gasteiger partial charge in [0.25, 0.3) is 11.7 Å². The van der Waals surface area contributed by atoms with Gasteiger partial charge in [-0.2, -0.15) is 0 Å². The summed E-state index contributed by atoms with van der Waals surface area (Å²) in [6.07, 6.45) is 0.0591. The second-order valence-electron chi connectivity index (χ2n) is 6.55. The second kappa shape index (κ2) is 8.80. The Bertz CT molecular complexity index is 985. The van der Waals surface area contributed by atoms with Crippen LogP contribution in [0.3, 0.4) is 0 Å². The van der Waals surface area contributed by atoms with Crippen molar-refractivity contribution in [3.63, 3.8) is 0 Å². The Hall–Kier alpha value is -2.64. The monoisotopic (exact) mass is 477 g/mol. The van der Waals surface area contributed by atoms with Gasteiger partial charge in [0.15, 0.2) is 0 Å². The number of hydrogen-bond acceptors (Lipinski definition) is 4. The Labute approximate surface area is 180 Å². The molecule has 0 spiro atoms. The fraction of sp³-hybridized carbons (Fsp3) is 0.190. The number of halogens is 2. The Balaban J connectivity index is 2.08. The van der Waals surface area contributed by atoms with Gasteiger partial charge >= 0.3 is 5.97 Å². The summed E-state index contributed by atoms with van der Waals surface area (Å²) >= 11 is 9.25. The summed E-state index contributed by atoms with van der Waals surface area (Å²) in [5.74, 6) is -2.85. The lowest BCUT2D eigenvalue weighted by molar-refractivity contribution is -0.140. The molecule has 8 heteroatoms. The molecule has 3 rings (SSSR count). The number of aliphatic carboxylic acids is 1. The van der Waals surface area contributed by atoms with Crippen LogP contribution in [-0.2, 0) is 14.4 Å². The van der Waals surface area contributed by atoms with E-state index in [1.54, 1.807) is 48.5 Å². The van der Waals surface area contributed by atoms with Crippen molar-refractivity contribution in [3.05, 3.63) is 74.7 Å². The van der Waals surface area contributed by atoms with Crippen molar-refractivity contribution in [2.24, 2.45) is 0 Å².